The van der Waals surface area contributed by atoms with Crippen molar-refractivity contribution in [3.8, 4) is 5.75 Å². The predicted octanol–water partition coefficient (Wildman–Crippen LogP) is 2.72. The Kier molecular flexibility index (Phi) is 11.8. The number of aliphatic imine (C=N–C) groups is 1. The van der Waals surface area contributed by atoms with E-state index in [2.05, 4.69) is 48.5 Å². The van der Waals surface area contributed by atoms with Crippen LogP contribution in [-0.4, -0.2) is 63.3 Å². The molecule has 2 N–H and O–H groups in total. The average Bonchev–Trinajstić information content (AvgIpc) is 2.69. The van der Waals surface area contributed by atoms with E-state index in [1.54, 1.807) is 19.0 Å². The molecule has 1 atom stereocenters. The standard InChI is InChI=1S/C22H38N4O3/c1-7-18(4)29-20-14-17(3)10-11-19(20)15-24-22(23-12-9-13-28-8-2)25-16-21(27)26(5)6/h10-11,14,18H,7-9,12-13,15-16H2,1-6H3,(H2,23,24,25). The van der Waals surface area contributed by atoms with Gasteiger partial charge in [-0.05, 0) is 45.2 Å². The highest BCUT2D eigenvalue weighted by Crippen LogP contribution is 2.23. The van der Waals surface area contributed by atoms with Crippen LogP contribution in [0.1, 0.15) is 44.7 Å². The molecular weight excluding hydrogens is 368 g/mol. The number of benzene rings is 1. The topological polar surface area (TPSA) is 75.2 Å². The first-order valence-corrected chi connectivity index (χ1v) is 10.4. The second-order valence-corrected chi connectivity index (χ2v) is 7.23. The van der Waals surface area contributed by atoms with E-state index < -0.39 is 0 Å². The largest absolute Gasteiger partial charge is 0.490 e. The molecular formula is C22H38N4O3. The van der Waals surface area contributed by atoms with Crippen LogP contribution in [0.4, 0.5) is 0 Å². The van der Waals surface area contributed by atoms with Gasteiger partial charge in [0.25, 0.3) is 0 Å². The van der Waals surface area contributed by atoms with Crippen LogP contribution in [0.3, 0.4) is 0 Å². The number of hydrogen-bond acceptors (Lipinski definition) is 4. The molecule has 1 unspecified atom stereocenters. The zero-order valence-electron chi connectivity index (χ0n) is 18.9. The van der Waals surface area contributed by atoms with Gasteiger partial charge in [-0.1, -0.05) is 19.1 Å². The normalized spacial score (nSPS) is 12.4. The minimum Gasteiger partial charge on any atom is -0.490 e. The van der Waals surface area contributed by atoms with E-state index in [0.717, 1.165) is 29.7 Å². The quantitative estimate of drug-likeness (QED) is 0.317. The summed E-state index contributed by atoms with van der Waals surface area (Å²) in [6.07, 6.45) is 1.95. The highest BCUT2D eigenvalue weighted by Gasteiger charge is 2.09. The lowest BCUT2D eigenvalue weighted by Gasteiger charge is -2.17. The van der Waals surface area contributed by atoms with E-state index in [0.29, 0.717) is 32.3 Å². The molecule has 1 aromatic carbocycles. The number of carbonyl (C=O) groups excluding carboxylic acids is 1. The van der Waals surface area contributed by atoms with Crippen LogP contribution >= 0.6 is 0 Å². The molecule has 0 fully saturated rings. The number of aryl methyl sites for hydroxylation is 1. The van der Waals surface area contributed by atoms with Gasteiger partial charge in [0.1, 0.15) is 5.75 Å². The van der Waals surface area contributed by atoms with Gasteiger partial charge in [-0.3, -0.25) is 4.79 Å². The Morgan fingerprint density at radius 1 is 1.24 bits per heavy atom. The third-order valence-electron chi connectivity index (χ3n) is 4.40. The van der Waals surface area contributed by atoms with Crippen LogP contribution in [0.25, 0.3) is 0 Å². The van der Waals surface area contributed by atoms with Gasteiger partial charge >= 0.3 is 0 Å². The molecule has 29 heavy (non-hydrogen) atoms. The number of nitrogens with zero attached hydrogens (tertiary/aromatic N) is 2. The van der Waals surface area contributed by atoms with E-state index in [1.807, 2.05) is 13.0 Å². The van der Waals surface area contributed by atoms with Crippen LogP contribution in [-0.2, 0) is 16.1 Å². The van der Waals surface area contributed by atoms with Gasteiger partial charge in [-0.2, -0.15) is 0 Å². The Morgan fingerprint density at radius 2 is 2.00 bits per heavy atom. The van der Waals surface area contributed by atoms with Gasteiger partial charge in [0.05, 0.1) is 19.2 Å². The summed E-state index contributed by atoms with van der Waals surface area (Å²) < 4.78 is 11.4. The van der Waals surface area contributed by atoms with Gasteiger partial charge in [0, 0.05) is 39.4 Å². The Labute approximate surface area is 175 Å². The van der Waals surface area contributed by atoms with Crippen molar-refractivity contribution in [2.24, 2.45) is 4.99 Å². The monoisotopic (exact) mass is 406 g/mol. The fourth-order valence-electron chi connectivity index (χ4n) is 2.38. The molecule has 1 amide bonds. The zero-order chi connectivity index (χ0) is 21.6. The summed E-state index contributed by atoms with van der Waals surface area (Å²) in [6.45, 7) is 11.0. The Balaban J connectivity index is 2.83. The number of hydrogen-bond donors (Lipinski definition) is 2. The molecule has 0 saturated carbocycles. The fourth-order valence-corrected chi connectivity index (χ4v) is 2.38. The van der Waals surface area contributed by atoms with Crippen molar-refractivity contribution in [2.45, 2.75) is 53.2 Å². The molecule has 0 spiro atoms. The third-order valence-corrected chi connectivity index (χ3v) is 4.40. The Morgan fingerprint density at radius 3 is 2.66 bits per heavy atom. The third kappa shape index (κ3) is 10.2. The lowest BCUT2D eigenvalue weighted by Crippen LogP contribution is -2.43. The predicted molar refractivity (Wildman–Crippen MR) is 119 cm³/mol. The molecule has 0 heterocycles. The van der Waals surface area contributed by atoms with Gasteiger partial charge in [-0.15, -0.1) is 0 Å². The molecule has 0 aliphatic heterocycles. The van der Waals surface area contributed by atoms with E-state index in [1.165, 1.54) is 0 Å². The maximum absolute atomic E-state index is 11.9. The van der Waals surface area contributed by atoms with E-state index in [9.17, 15) is 4.79 Å². The van der Waals surface area contributed by atoms with Crippen molar-refractivity contribution in [3.63, 3.8) is 0 Å². The number of likely N-dealkylation sites (N-methyl/N-ethyl adjacent to an activating group) is 1. The number of carbonyl (C=O) groups is 1. The zero-order valence-corrected chi connectivity index (χ0v) is 18.9. The van der Waals surface area contributed by atoms with Gasteiger partial charge in [-0.25, -0.2) is 4.99 Å². The first kappa shape index (κ1) is 24.8. The molecule has 0 bridgehead atoms. The highest BCUT2D eigenvalue weighted by molar-refractivity contribution is 5.86. The number of guanidine groups is 1. The van der Waals surface area contributed by atoms with E-state index in [4.69, 9.17) is 9.47 Å². The molecule has 7 nitrogen and oxygen atoms in total. The first-order valence-electron chi connectivity index (χ1n) is 10.4. The number of nitrogens with one attached hydrogen (secondary N) is 2. The van der Waals surface area contributed by atoms with Crippen molar-refractivity contribution in [1.82, 2.24) is 15.5 Å². The minimum absolute atomic E-state index is 0.00931. The molecule has 0 aliphatic carbocycles. The fraction of sp³-hybridized carbons (Fsp3) is 0.636. The highest BCUT2D eigenvalue weighted by atomic mass is 16.5. The summed E-state index contributed by atoms with van der Waals surface area (Å²) in [7, 11) is 3.47. The van der Waals surface area contributed by atoms with Crippen molar-refractivity contribution < 1.29 is 14.3 Å². The lowest BCUT2D eigenvalue weighted by molar-refractivity contribution is -0.127. The van der Waals surface area contributed by atoms with Crippen molar-refractivity contribution >= 4 is 11.9 Å². The number of amides is 1. The Bertz CT molecular complexity index is 647. The van der Waals surface area contributed by atoms with E-state index in [-0.39, 0.29) is 18.6 Å². The molecule has 1 aromatic rings. The summed E-state index contributed by atoms with van der Waals surface area (Å²) in [4.78, 5) is 18.1. The van der Waals surface area contributed by atoms with Crippen molar-refractivity contribution in [3.05, 3.63) is 29.3 Å². The second kappa shape index (κ2) is 13.8. The van der Waals surface area contributed by atoms with Crippen LogP contribution in [0.2, 0.25) is 0 Å². The maximum atomic E-state index is 11.9. The summed E-state index contributed by atoms with van der Waals surface area (Å²) in [5.41, 5.74) is 2.17. The summed E-state index contributed by atoms with van der Waals surface area (Å²) in [5.74, 6) is 1.46. The number of ether oxygens (including phenoxy) is 2. The van der Waals surface area contributed by atoms with Crippen LogP contribution < -0.4 is 15.4 Å². The van der Waals surface area contributed by atoms with Gasteiger partial charge < -0.3 is 25.0 Å². The van der Waals surface area contributed by atoms with Gasteiger partial charge in [0.15, 0.2) is 5.96 Å². The summed E-state index contributed by atoms with van der Waals surface area (Å²) in [5, 5.41) is 6.38. The van der Waals surface area contributed by atoms with Crippen LogP contribution in [0.15, 0.2) is 23.2 Å². The van der Waals surface area contributed by atoms with Gasteiger partial charge in [0.2, 0.25) is 5.91 Å². The summed E-state index contributed by atoms with van der Waals surface area (Å²) >= 11 is 0. The summed E-state index contributed by atoms with van der Waals surface area (Å²) in [6, 6.07) is 6.16. The second-order valence-electron chi connectivity index (χ2n) is 7.23. The average molecular weight is 407 g/mol. The smallest absolute Gasteiger partial charge is 0.241 e. The lowest BCUT2D eigenvalue weighted by atomic mass is 10.1. The Hall–Kier alpha value is -2.28. The van der Waals surface area contributed by atoms with E-state index >= 15 is 0 Å². The minimum atomic E-state index is -0.00931. The SMILES string of the molecule is CCOCCCNC(=NCc1ccc(C)cc1OC(C)CC)NCC(=O)N(C)C. The maximum Gasteiger partial charge on any atom is 0.241 e. The molecule has 0 aliphatic rings. The van der Waals surface area contributed by atoms with Crippen molar-refractivity contribution in [2.75, 3.05) is 40.4 Å². The molecule has 0 aromatic heterocycles. The first-order chi connectivity index (χ1) is 13.9. The molecule has 7 heteroatoms. The number of rotatable bonds is 12. The molecule has 0 radical (unpaired) electrons. The molecule has 0 saturated heterocycles. The molecule has 164 valence electrons. The van der Waals surface area contributed by atoms with Crippen LogP contribution in [0, 0.1) is 6.92 Å². The van der Waals surface area contributed by atoms with Crippen LogP contribution in [0.5, 0.6) is 5.75 Å². The molecule has 1 rings (SSSR count). The van der Waals surface area contributed by atoms with Crippen molar-refractivity contribution in [1.29, 1.82) is 0 Å².